The minimum atomic E-state index is -0.698. The summed E-state index contributed by atoms with van der Waals surface area (Å²) in [6.45, 7) is 4.89. The quantitative estimate of drug-likeness (QED) is 0.0322. The molecule has 0 aromatic heterocycles. The molecule has 3 N–H and O–H groups in total. The highest BCUT2D eigenvalue weighted by Crippen LogP contribution is 2.16. The predicted octanol–water partition coefficient (Wildman–Crippen LogP) is 15.5. The highest BCUT2D eigenvalue weighted by Gasteiger charge is 2.19. The van der Waals surface area contributed by atoms with Crippen LogP contribution >= 0.6 is 0 Å². The molecule has 0 aliphatic heterocycles. The molecule has 6 heteroatoms. The largest absolute Gasteiger partial charge is 0.466 e. The molecule has 2 unspecified atom stereocenters. The maximum atomic E-state index is 12.4. The van der Waals surface area contributed by atoms with Crippen LogP contribution in [-0.4, -0.2) is 47.4 Å². The first-order chi connectivity index (χ1) is 29.0. The van der Waals surface area contributed by atoms with Crippen molar-refractivity contribution in [2.45, 2.75) is 289 Å². The van der Waals surface area contributed by atoms with Gasteiger partial charge in [-0.3, -0.25) is 9.59 Å². The number of hydrogen-bond donors (Lipinski definition) is 3. The van der Waals surface area contributed by atoms with Gasteiger partial charge in [-0.25, -0.2) is 0 Å². The molecule has 1 amide bonds. The summed E-state index contributed by atoms with van der Waals surface area (Å²) in [4.78, 5) is 24.4. The number of allylic oxidation sites excluding steroid dienone is 4. The minimum Gasteiger partial charge on any atom is -0.466 e. The third-order valence-electron chi connectivity index (χ3n) is 12.0. The number of unbranched alkanes of at least 4 members (excludes halogenated alkanes) is 33. The first-order valence-corrected chi connectivity index (χ1v) is 26.1. The molecule has 0 aromatic rings. The van der Waals surface area contributed by atoms with Crippen LogP contribution in [0.2, 0.25) is 0 Å². The number of carbonyl (C=O) groups excluding carboxylic acids is 2. The van der Waals surface area contributed by atoms with E-state index in [1.807, 2.05) is 6.08 Å². The lowest BCUT2D eigenvalue weighted by atomic mass is 10.0. The SMILES string of the molecule is CCCCCCCCCCCCCCCCCC(O)C(CO)NC(=O)CC/C=C\C/C=C\CCCCCCCCOC(=O)CCCCCCCCCCCCCCCC. The number of hydrogen-bond acceptors (Lipinski definition) is 5. The Bertz CT molecular complexity index is 920. The van der Waals surface area contributed by atoms with Crippen LogP contribution in [0.5, 0.6) is 0 Å². The average Bonchev–Trinajstić information content (AvgIpc) is 3.24. The van der Waals surface area contributed by atoms with Gasteiger partial charge in [0.05, 0.1) is 25.4 Å². The number of amides is 1. The van der Waals surface area contributed by atoms with Crippen molar-refractivity contribution in [1.29, 1.82) is 0 Å². The van der Waals surface area contributed by atoms with Crippen LogP contribution in [0.4, 0.5) is 0 Å². The number of aliphatic hydroxyl groups is 2. The van der Waals surface area contributed by atoms with Gasteiger partial charge in [0.15, 0.2) is 0 Å². The zero-order valence-electron chi connectivity index (χ0n) is 39.5. The predicted molar refractivity (Wildman–Crippen MR) is 255 cm³/mol. The van der Waals surface area contributed by atoms with Crippen molar-refractivity contribution in [1.82, 2.24) is 5.32 Å². The van der Waals surface area contributed by atoms with Gasteiger partial charge in [0, 0.05) is 12.8 Å². The fourth-order valence-electron chi connectivity index (χ4n) is 7.98. The van der Waals surface area contributed by atoms with Gasteiger partial charge >= 0.3 is 5.97 Å². The summed E-state index contributed by atoms with van der Waals surface area (Å²) in [5, 5.41) is 23.1. The molecule has 0 aliphatic carbocycles. The minimum absolute atomic E-state index is 0.0148. The Morgan fingerprint density at radius 1 is 0.475 bits per heavy atom. The van der Waals surface area contributed by atoms with Crippen LogP contribution in [0.25, 0.3) is 0 Å². The molecular weight excluding hydrogens is 731 g/mol. The highest BCUT2D eigenvalue weighted by atomic mass is 16.5. The number of ether oxygens (including phenoxy) is 1. The maximum absolute atomic E-state index is 12.4. The molecule has 0 saturated carbocycles. The molecule has 2 atom stereocenters. The second-order valence-electron chi connectivity index (χ2n) is 17.9. The molecule has 0 fully saturated rings. The average molecular weight is 832 g/mol. The van der Waals surface area contributed by atoms with E-state index in [1.165, 1.54) is 186 Å². The van der Waals surface area contributed by atoms with Crippen LogP contribution in [0, 0.1) is 0 Å². The van der Waals surface area contributed by atoms with Gasteiger partial charge in [-0.05, 0) is 44.9 Å². The van der Waals surface area contributed by atoms with Gasteiger partial charge in [-0.15, -0.1) is 0 Å². The van der Waals surface area contributed by atoms with Crippen LogP contribution < -0.4 is 5.32 Å². The van der Waals surface area contributed by atoms with Crippen molar-refractivity contribution < 1.29 is 24.5 Å². The third kappa shape index (κ3) is 45.7. The first-order valence-electron chi connectivity index (χ1n) is 26.1. The van der Waals surface area contributed by atoms with Crippen molar-refractivity contribution in [2.24, 2.45) is 0 Å². The smallest absolute Gasteiger partial charge is 0.305 e. The van der Waals surface area contributed by atoms with E-state index in [4.69, 9.17) is 4.74 Å². The Hall–Kier alpha value is -1.66. The lowest BCUT2D eigenvalue weighted by molar-refractivity contribution is -0.143. The van der Waals surface area contributed by atoms with Gasteiger partial charge < -0.3 is 20.3 Å². The molecule has 0 bridgehead atoms. The van der Waals surface area contributed by atoms with Crippen LogP contribution in [-0.2, 0) is 14.3 Å². The Morgan fingerprint density at radius 2 is 0.864 bits per heavy atom. The molecular formula is C53H101NO5. The molecule has 0 heterocycles. The topological polar surface area (TPSA) is 95.9 Å². The summed E-state index contributed by atoms with van der Waals surface area (Å²) in [6, 6.07) is -0.584. The number of aliphatic hydroxyl groups excluding tert-OH is 2. The second kappa shape index (κ2) is 49.0. The summed E-state index contributed by atoms with van der Waals surface area (Å²) in [7, 11) is 0. The standard InChI is InChI=1S/C53H101NO5/c1-3-5-7-9-11-13-15-17-19-21-25-29-33-37-41-45-51(56)50(49-55)54-52(57)46-42-38-34-30-26-22-20-24-28-32-36-40-44-48-59-53(58)47-43-39-35-31-27-23-18-16-14-12-10-8-6-4-2/h22,26,34,38,50-51,55-56H,3-21,23-25,27-33,35-37,39-49H2,1-2H3,(H,54,57)/b26-22-,38-34-. The van der Waals surface area contributed by atoms with E-state index in [2.05, 4.69) is 37.4 Å². The lowest BCUT2D eigenvalue weighted by Gasteiger charge is -2.22. The molecule has 0 saturated heterocycles. The Labute approximate surface area is 367 Å². The molecule has 348 valence electrons. The van der Waals surface area contributed by atoms with E-state index in [0.717, 1.165) is 51.4 Å². The molecule has 0 aromatic carbocycles. The second-order valence-corrected chi connectivity index (χ2v) is 17.9. The summed E-state index contributed by atoms with van der Waals surface area (Å²) in [6.07, 6.45) is 57.3. The lowest BCUT2D eigenvalue weighted by Crippen LogP contribution is -2.45. The normalized spacial score (nSPS) is 12.8. The van der Waals surface area contributed by atoms with Gasteiger partial charge in [-0.1, -0.05) is 244 Å². The molecule has 0 aliphatic rings. The molecule has 0 spiro atoms. The van der Waals surface area contributed by atoms with Gasteiger partial charge in [0.2, 0.25) is 5.91 Å². The van der Waals surface area contributed by atoms with E-state index in [-0.39, 0.29) is 18.5 Å². The number of rotatable bonds is 48. The summed E-state index contributed by atoms with van der Waals surface area (Å²) >= 11 is 0. The van der Waals surface area contributed by atoms with Gasteiger partial charge in [0.25, 0.3) is 0 Å². The monoisotopic (exact) mass is 832 g/mol. The molecule has 0 radical (unpaired) electrons. The van der Waals surface area contributed by atoms with Crippen molar-refractivity contribution >= 4 is 11.9 Å². The van der Waals surface area contributed by atoms with E-state index >= 15 is 0 Å². The van der Waals surface area contributed by atoms with Crippen LogP contribution in [0.3, 0.4) is 0 Å². The Morgan fingerprint density at radius 3 is 1.32 bits per heavy atom. The Kier molecular flexibility index (Phi) is 47.6. The van der Waals surface area contributed by atoms with E-state index in [0.29, 0.717) is 32.3 Å². The number of esters is 1. The van der Waals surface area contributed by atoms with Crippen LogP contribution in [0.1, 0.15) is 277 Å². The van der Waals surface area contributed by atoms with Crippen molar-refractivity contribution in [3.05, 3.63) is 24.3 Å². The summed E-state index contributed by atoms with van der Waals surface area (Å²) in [5.74, 6) is -0.129. The zero-order chi connectivity index (χ0) is 43.0. The fourth-order valence-corrected chi connectivity index (χ4v) is 7.98. The van der Waals surface area contributed by atoms with Gasteiger partial charge in [0.1, 0.15) is 0 Å². The fraction of sp³-hybridized carbons (Fsp3) is 0.887. The molecule has 0 rings (SSSR count). The third-order valence-corrected chi connectivity index (χ3v) is 12.0. The van der Waals surface area contributed by atoms with E-state index < -0.39 is 12.1 Å². The van der Waals surface area contributed by atoms with Crippen molar-refractivity contribution in [3.8, 4) is 0 Å². The number of nitrogens with one attached hydrogen (secondary N) is 1. The number of carbonyl (C=O) groups is 2. The van der Waals surface area contributed by atoms with E-state index in [1.54, 1.807) is 0 Å². The molecule has 59 heavy (non-hydrogen) atoms. The Balaban J connectivity index is 3.54. The summed E-state index contributed by atoms with van der Waals surface area (Å²) in [5.41, 5.74) is 0. The van der Waals surface area contributed by atoms with E-state index in [9.17, 15) is 19.8 Å². The van der Waals surface area contributed by atoms with Crippen LogP contribution in [0.15, 0.2) is 24.3 Å². The molecule has 6 nitrogen and oxygen atoms in total. The highest BCUT2D eigenvalue weighted by molar-refractivity contribution is 5.76. The zero-order valence-corrected chi connectivity index (χ0v) is 39.5. The van der Waals surface area contributed by atoms with Gasteiger partial charge in [-0.2, -0.15) is 0 Å². The maximum Gasteiger partial charge on any atom is 0.305 e. The van der Waals surface area contributed by atoms with Crippen molar-refractivity contribution in [2.75, 3.05) is 13.2 Å². The summed E-state index contributed by atoms with van der Waals surface area (Å²) < 4.78 is 5.45. The van der Waals surface area contributed by atoms with Crippen molar-refractivity contribution in [3.63, 3.8) is 0 Å². The first kappa shape index (κ1) is 57.3.